The number of anilines is 2. The average molecular weight is 493 g/mol. The highest BCUT2D eigenvalue weighted by Gasteiger charge is 2.37. The fourth-order valence-electron chi connectivity index (χ4n) is 3.58. The van der Waals surface area contributed by atoms with Gasteiger partial charge in [0, 0.05) is 31.4 Å². The molecule has 2 aromatic rings. The molecule has 0 radical (unpaired) electrons. The first-order valence-corrected chi connectivity index (χ1v) is 12.8. The fraction of sp³-hybridized carbons (Fsp3) is 0.261. The predicted octanol–water partition coefficient (Wildman–Crippen LogP) is 4.79. The molecule has 0 saturated heterocycles. The standard InChI is InChI=1S/C23H25FN2O5S2/c1-4-5-9-17-14-26(16-10-7-6-8-11-16)19-12-21(32-3)20(31-15-18(24)23(27)28)13-22(19)33(29,30)25(17)2/h4,6-8,10-13,15,17H,1,5,9,14H2,2-3H3,(H,27,28)/b18-15-/t17-/m0/s1. The Bertz CT molecular complexity index is 1170. The topological polar surface area (TPSA) is 87.1 Å². The van der Waals surface area contributed by atoms with Gasteiger partial charge in [0.1, 0.15) is 16.9 Å². The number of hydrogen-bond acceptors (Lipinski definition) is 6. The van der Waals surface area contributed by atoms with E-state index >= 15 is 0 Å². The molecule has 0 spiro atoms. The van der Waals surface area contributed by atoms with Crippen molar-refractivity contribution in [2.24, 2.45) is 0 Å². The van der Waals surface area contributed by atoms with E-state index < -0.39 is 21.8 Å². The molecule has 1 heterocycles. The lowest BCUT2D eigenvalue weighted by Crippen LogP contribution is -2.40. The van der Waals surface area contributed by atoms with Crippen molar-refractivity contribution < 1.29 is 27.4 Å². The first kappa shape index (κ1) is 24.8. The molecule has 0 unspecified atom stereocenters. The predicted molar refractivity (Wildman–Crippen MR) is 127 cm³/mol. The number of likely N-dealkylation sites (N-methyl/N-ethyl adjacent to an activating group) is 1. The third-order valence-electron chi connectivity index (χ3n) is 5.37. The normalized spacial score (nSPS) is 18.3. The first-order chi connectivity index (χ1) is 15.7. The van der Waals surface area contributed by atoms with Crippen LogP contribution in [0.25, 0.3) is 0 Å². The molecule has 1 atom stereocenters. The Morgan fingerprint density at radius 1 is 1.33 bits per heavy atom. The molecular formula is C23H25FN2O5S2. The number of rotatable bonds is 8. The Balaban J connectivity index is 2.22. The van der Waals surface area contributed by atoms with E-state index in [2.05, 4.69) is 6.58 Å². The van der Waals surface area contributed by atoms with E-state index in [1.54, 1.807) is 18.4 Å². The van der Waals surface area contributed by atoms with Gasteiger partial charge in [-0.15, -0.1) is 18.3 Å². The van der Waals surface area contributed by atoms with Gasteiger partial charge in [0.05, 0.1) is 10.6 Å². The summed E-state index contributed by atoms with van der Waals surface area (Å²) in [5.41, 5.74) is 1.29. The number of para-hydroxylation sites is 1. The second kappa shape index (κ2) is 10.4. The molecule has 176 valence electrons. The molecule has 7 nitrogen and oxygen atoms in total. The Kier molecular flexibility index (Phi) is 7.83. The monoisotopic (exact) mass is 492 g/mol. The van der Waals surface area contributed by atoms with Crippen molar-refractivity contribution in [2.75, 3.05) is 24.7 Å². The van der Waals surface area contributed by atoms with Gasteiger partial charge in [0.2, 0.25) is 15.9 Å². The maximum absolute atomic E-state index is 13.6. The van der Waals surface area contributed by atoms with Crippen LogP contribution in [0.1, 0.15) is 12.8 Å². The Morgan fingerprint density at radius 2 is 2.03 bits per heavy atom. The lowest BCUT2D eigenvalue weighted by atomic mass is 10.1. The number of aliphatic carboxylic acids is 1. The van der Waals surface area contributed by atoms with Gasteiger partial charge in [-0.3, -0.25) is 0 Å². The van der Waals surface area contributed by atoms with Crippen LogP contribution in [0, 0.1) is 0 Å². The Hall–Kier alpha value is -2.82. The van der Waals surface area contributed by atoms with Crippen LogP contribution < -0.4 is 9.64 Å². The molecular weight excluding hydrogens is 467 g/mol. The van der Waals surface area contributed by atoms with E-state index in [1.165, 1.54) is 29.2 Å². The Labute approximate surface area is 197 Å². The second-order valence-electron chi connectivity index (χ2n) is 7.35. The van der Waals surface area contributed by atoms with Crippen LogP contribution in [0.4, 0.5) is 15.8 Å². The van der Waals surface area contributed by atoms with Gasteiger partial charge < -0.3 is 14.7 Å². The first-order valence-electron chi connectivity index (χ1n) is 10.1. The van der Waals surface area contributed by atoms with Crippen LogP contribution in [0.15, 0.2) is 77.0 Å². The third kappa shape index (κ3) is 5.23. The van der Waals surface area contributed by atoms with E-state index in [0.717, 1.165) is 5.69 Å². The molecule has 0 aromatic heterocycles. The number of allylic oxidation sites excluding steroid dienone is 1. The lowest BCUT2D eigenvalue weighted by Gasteiger charge is -2.29. The van der Waals surface area contributed by atoms with Crippen LogP contribution >= 0.6 is 11.8 Å². The number of thioether (sulfide) groups is 1. The van der Waals surface area contributed by atoms with E-state index in [1.807, 2.05) is 35.2 Å². The van der Waals surface area contributed by atoms with Crippen LogP contribution in [-0.4, -0.2) is 49.7 Å². The lowest BCUT2D eigenvalue weighted by molar-refractivity contribution is -0.134. The number of carbonyl (C=O) groups is 1. The average Bonchev–Trinajstić information content (AvgIpc) is 2.89. The van der Waals surface area contributed by atoms with Crippen molar-refractivity contribution in [3.63, 3.8) is 0 Å². The molecule has 33 heavy (non-hydrogen) atoms. The summed E-state index contributed by atoms with van der Waals surface area (Å²) in [4.78, 5) is 13.2. The molecule has 10 heteroatoms. The van der Waals surface area contributed by atoms with Crippen molar-refractivity contribution in [1.82, 2.24) is 4.31 Å². The van der Waals surface area contributed by atoms with Crippen molar-refractivity contribution in [3.8, 4) is 5.75 Å². The summed E-state index contributed by atoms with van der Waals surface area (Å²) in [6.45, 7) is 4.17. The third-order valence-corrected chi connectivity index (χ3v) is 8.06. The summed E-state index contributed by atoms with van der Waals surface area (Å²) < 4.78 is 47.3. The number of carboxylic acids is 1. The molecule has 3 rings (SSSR count). The van der Waals surface area contributed by atoms with E-state index in [-0.39, 0.29) is 16.7 Å². The van der Waals surface area contributed by atoms with Crippen LogP contribution in [0.2, 0.25) is 0 Å². The van der Waals surface area contributed by atoms with Crippen molar-refractivity contribution in [2.45, 2.75) is 28.7 Å². The van der Waals surface area contributed by atoms with Crippen molar-refractivity contribution >= 4 is 39.1 Å². The van der Waals surface area contributed by atoms with Crippen LogP contribution in [-0.2, 0) is 14.8 Å². The molecule has 2 aromatic carbocycles. The summed E-state index contributed by atoms with van der Waals surface area (Å²) in [7, 11) is -2.41. The minimum absolute atomic E-state index is 0.00751. The zero-order chi connectivity index (χ0) is 24.2. The number of halogens is 1. The zero-order valence-corrected chi connectivity index (χ0v) is 19.9. The minimum atomic E-state index is -3.94. The SMILES string of the molecule is C=CCC[C@H]1CN(c2ccccc2)c2cc(SC)c(O/C=C(\F)C(=O)O)cc2S(=O)(=O)N1C. The fourth-order valence-corrected chi connectivity index (χ4v) is 5.68. The molecule has 0 saturated carbocycles. The molecule has 0 aliphatic carbocycles. The number of fused-ring (bicyclic) bond motifs is 1. The van der Waals surface area contributed by atoms with E-state index in [4.69, 9.17) is 9.84 Å². The Morgan fingerprint density at radius 3 is 2.64 bits per heavy atom. The van der Waals surface area contributed by atoms with E-state index in [9.17, 15) is 17.6 Å². The minimum Gasteiger partial charge on any atom is -0.476 e. The van der Waals surface area contributed by atoms with Gasteiger partial charge in [0.15, 0.2) is 0 Å². The van der Waals surface area contributed by atoms with Gasteiger partial charge in [-0.25, -0.2) is 13.2 Å². The number of benzene rings is 2. The number of ether oxygens (including phenoxy) is 1. The van der Waals surface area contributed by atoms with Gasteiger partial charge in [-0.1, -0.05) is 24.3 Å². The highest BCUT2D eigenvalue weighted by atomic mass is 32.2. The highest BCUT2D eigenvalue weighted by molar-refractivity contribution is 7.98. The molecule has 0 amide bonds. The molecule has 1 aliphatic heterocycles. The molecule has 1 aliphatic rings. The summed E-state index contributed by atoms with van der Waals surface area (Å²) >= 11 is 1.28. The quantitative estimate of drug-likeness (QED) is 0.245. The number of nitrogens with zero attached hydrogens (tertiary/aromatic N) is 2. The maximum atomic E-state index is 13.6. The molecule has 0 bridgehead atoms. The second-order valence-corrected chi connectivity index (χ2v) is 10.2. The van der Waals surface area contributed by atoms with Gasteiger partial charge in [-0.05, 0) is 37.3 Å². The van der Waals surface area contributed by atoms with Gasteiger partial charge in [-0.2, -0.15) is 8.70 Å². The molecule has 0 fully saturated rings. The van der Waals surface area contributed by atoms with E-state index in [0.29, 0.717) is 36.2 Å². The number of hydrogen-bond donors (Lipinski definition) is 1. The van der Waals surface area contributed by atoms with Crippen LogP contribution in [0.5, 0.6) is 5.75 Å². The smallest absolute Gasteiger partial charge is 0.368 e. The number of carboxylic acid groups (broad SMARTS) is 1. The van der Waals surface area contributed by atoms with Gasteiger partial charge >= 0.3 is 5.97 Å². The zero-order valence-electron chi connectivity index (χ0n) is 18.3. The summed E-state index contributed by atoms with van der Waals surface area (Å²) in [6, 6.07) is 12.1. The van der Waals surface area contributed by atoms with Crippen molar-refractivity contribution in [3.05, 3.63) is 67.2 Å². The van der Waals surface area contributed by atoms with Crippen LogP contribution in [0.3, 0.4) is 0 Å². The maximum Gasteiger partial charge on any atom is 0.368 e. The van der Waals surface area contributed by atoms with Crippen molar-refractivity contribution in [1.29, 1.82) is 0 Å². The summed E-state index contributed by atoms with van der Waals surface area (Å²) in [6.07, 6.45) is 5.21. The largest absolute Gasteiger partial charge is 0.476 e. The summed E-state index contributed by atoms with van der Waals surface area (Å²) in [5.74, 6) is -3.22. The number of sulfonamides is 1. The summed E-state index contributed by atoms with van der Waals surface area (Å²) in [5, 5.41) is 8.75. The highest BCUT2D eigenvalue weighted by Crippen LogP contribution is 2.43. The van der Waals surface area contributed by atoms with Gasteiger partial charge in [0.25, 0.3) is 0 Å². The molecule has 1 N–H and O–H groups in total.